The Balaban J connectivity index is 1.35. The summed E-state index contributed by atoms with van der Waals surface area (Å²) in [6.45, 7) is 3.84. The van der Waals surface area contributed by atoms with Crippen LogP contribution in [0, 0.1) is 11.8 Å². The lowest BCUT2D eigenvalue weighted by molar-refractivity contribution is -0.126. The minimum Gasteiger partial charge on any atom is -0.355 e. The molecule has 4 rings (SSSR count). The highest BCUT2D eigenvalue weighted by atomic mass is 16.1. The van der Waals surface area contributed by atoms with Gasteiger partial charge in [0.1, 0.15) is 12.1 Å². The Morgan fingerprint density at radius 2 is 2.04 bits per heavy atom. The number of rotatable bonds is 4. The average Bonchev–Trinajstić information content (AvgIpc) is 3.32. The molecule has 2 aromatic heterocycles. The molecule has 0 bridgehead atoms. The number of hydrogen-bond acceptors (Lipinski definition) is 5. The van der Waals surface area contributed by atoms with Gasteiger partial charge in [-0.05, 0) is 50.7 Å². The summed E-state index contributed by atoms with van der Waals surface area (Å²) >= 11 is 0. The summed E-state index contributed by atoms with van der Waals surface area (Å²) in [5, 5.41) is 15.5. The third-order valence-corrected chi connectivity index (χ3v) is 5.04. The second kappa shape index (κ2) is 5.79. The molecule has 0 radical (unpaired) electrons. The zero-order valence-corrected chi connectivity index (χ0v) is 13.4. The number of carbonyl (C=O) groups is 1. The summed E-state index contributed by atoms with van der Waals surface area (Å²) in [6.07, 6.45) is 5.89. The van der Waals surface area contributed by atoms with E-state index in [0.29, 0.717) is 12.0 Å². The van der Waals surface area contributed by atoms with Gasteiger partial charge in [-0.2, -0.15) is 4.52 Å². The van der Waals surface area contributed by atoms with Crippen molar-refractivity contribution in [2.24, 2.45) is 11.8 Å². The zero-order chi connectivity index (χ0) is 15.8. The maximum atomic E-state index is 12.4. The summed E-state index contributed by atoms with van der Waals surface area (Å²) in [5.74, 6) is 1.98. The Labute approximate surface area is 135 Å². The molecule has 7 heteroatoms. The number of hydrogen-bond donors (Lipinski definition) is 1. The standard InChI is InChI=1S/C16H22N6O/c1-11(12-2-3-12)18-16(23)13-6-8-21(9-7-13)15-5-4-14-19-17-10-22(14)20-15/h4-5,10-13H,2-3,6-9H2,1H3,(H,18,23). The summed E-state index contributed by atoms with van der Waals surface area (Å²) in [6, 6.07) is 4.23. The van der Waals surface area contributed by atoms with Gasteiger partial charge in [-0.25, -0.2) is 0 Å². The third-order valence-electron chi connectivity index (χ3n) is 5.04. The molecular weight excluding hydrogens is 292 g/mol. The first kappa shape index (κ1) is 14.4. The van der Waals surface area contributed by atoms with Crippen molar-refractivity contribution in [3.8, 4) is 0 Å². The first-order valence-electron chi connectivity index (χ1n) is 8.43. The van der Waals surface area contributed by atoms with E-state index < -0.39 is 0 Å². The molecule has 2 aliphatic rings. The van der Waals surface area contributed by atoms with Crippen molar-refractivity contribution in [3.05, 3.63) is 18.5 Å². The second-order valence-corrected chi connectivity index (χ2v) is 6.72. The van der Waals surface area contributed by atoms with E-state index in [1.54, 1.807) is 10.8 Å². The van der Waals surface area contributed by atoms with Crippen molar-refractivity contribution in [2.45, 2.75) is 38.6 Å². The van der Waals surface area contributed by atoms with Crippen molar-refractivity contribution >= 4 is 17.4 Å². The van der Waals surface area contributed by atoms with Crippen molar-refractivity contribution in [1.29, 1.82) is 0 Å². The molecule has 0 spiro atoms. The van der Waals surface area contributed by atoms with E-state index in [-0.39, 0.29) is 11.8 Å². The van der Waals surface area contributed by atoms with Crippen LogP contribution in [0.15, 0.2) is 18.5 Å². The number of anilines is 1. The minimum atomic E-state index is 0.131. The van der Waals surface area contributed by atoms with Gasteiger partial charge in [0.2, 0.25) is 5.91 Å². The first-order valence-corrected chi connectivity index (χ1v) is 8.43. The SMILES string of the molecule is CC(NC(=O)C1CCN(c2ccc3nncn3n2)CC1)C1CC1. The third kappa shape index (κ3) is 3.00. The van der Waals surface area contributed by atoms with Crippen LogP contribution in [-0.4, -0.2) is 44.8 Å². The molecule has 1 saturated carbocycles. The summed E-state index contributed by atoms with van der Waals surface area (Å²) < 4.78 is 1.69. The first-order chi connectivity index (χ1) is 11.2. The summed E-state index contributed by atoms with van der Waals surface area (Å²) in [7, 11) is 0. The molecule has 1 N–H and O–H groups in total. The number of aromatic nitrogens is 4. The van der Waals surface area contributed by atoms with Crippen molar-refractivity contribution in [3.63, 3.8) is 0 Å². The Morgan fingerprint density at radius 3 is 2.78 bits per heavy atom. The molecule has 23 heavy (non-hydrogen) atoms. The number of piperidine rings is 1. The van der Waals surface area contributed by atoms with E-state index in [1.165, 1.54) is 12.8 Å². The van der Waals surface area contributed by atoms with Crippen LogP contribution in [0.1, 0.15) is 32.6 Å². The van der Waals surface area contributed by atoms with Gasteiger partial charge < -0.3 is 10.2 Å². The molecule has 7 nitrogen and oxygen atoms in total. The fourth-order valence-corrected chi connectivity index (χ4v) is 3.31. The number of nitrogens with zero attached hydrogens (tertiary/aromatic N) is 5. The normalized spacial score (nSPS) is 20.7. The van der Waals surface area contributed by atoms with E-state index in [4.69, 9.17) is 0 Å². The predicted molar refractivity (Wildman–Crippen MR) is 86.0 cm³/mol. The maximum absolute atomic E-state index is 12.4. The van der Waals surface area contributed by atoms with Crippen LogP contribution in [0.25, 0.3) is 5.65 Å². The predicted octanol–water partition coefficient (Wildman–Crippen LogP) is 1.26. The molecule has 2 aromatic rings. The van der Waals surface area contributed by atoms with Gasteiger partial charge >= 0.3 is 0 Å². The maximum Gasteiger partial charge on any atom is 0.223 e. The molecule has 1 aliphatic carbocycles. The molecular formula is C16H22N6O. The highest BCUT2D eigenvalue weighted by molar-refractivity contribution is 5.79. The van der Waals surface area contributed by atoms with Crippen LogP contribution < -0.4 is 10.2 Å². The van der Waals surface area contributed by atoms with Gasteiger partial charge in [0.25, 0.3) is 0 Å². The highest BCUT2D eigenvalue weighted by Crippen LogP contribution is 2.32. The fourth-order valence-electron chi connectivity index (χ4n) is 3.31. The smallest absolute Gasteiger partial charge is 0.223 e. The molecule has 1 amide bonds. The van der Waals surface area contributed by atoms with Crippen molar-refractivity contribution in [2.75, 3.05) is 18.0 Å². The van der Waals surface area contributed by atoms with Crippen molar-refractivity contribution < 1.29 is 4.79 Å². The Bertz CT molecular complexity index is 701. The quantitative estimate of drug-likeness (QED) is 0.919. The van der Waals surface area contributed by atoms with Crippen molar-refractivity contribution in [1.82, 2.24) is 25.1 Å². The molecule has 3 heterocycles. The molecule has 1 aliphatic heterocycles. The van der Waals surface area contributed by atoms with Gasteiger partial charge in [0, 0.05) is 25.0 Å². The Kier molecular flexibility index (Phi) is 3.63. The molecule has 1 unspecified atom stereocenters. The Hall–Kier alpha value is -2.18. The summed E-state index contributed by atoms with van der Waals surface area (Å²) in [5.41, 5.74) is 0.747. The monoisotopic (exact) mass is 314 g/mol. The van der Waals surface area contributed by atoms with E-state index >= 15 is 0 Å². The van der Waals surface area contributed by atoms with E-state index in [2.05, 4.69) is 32.4 Å². The number of amides is 1. The van der Waals surface area contributed by atoms with E-state index in [0.717, 1.165) is 37.4 Å². The number of nitrogens with one attached hydrogen (secondary N) is 1. The van der Waals surface area contributed by atoms with Crippen LogP contribution >= 0.6 is 0 Å². The van der Waals surface area contributed by atoms with Gasteiger partial charge in [-0.1, -0.05) is 0 Å². The molecule has 1 saturated heterocycles. The van der Waals surface area contributed by atoms with Gasteiger partial charge in [0.05, 0.1) is 0 Å². The van der Waals surface area contributed by atoms with E-state index in [9.17, 15) is 4.79 Å². The lowest BCUT2D eigenvalue weighted by Gasteiger charge is -2.32. The molecule has 122 valence electrons. The second-order valence-electron chi connectivity index (χ2n) is 6.72. The van der Waals surface area contributed by atoms with Crippen LogP contribution in [-0.2, 0) is 4.79 Å². The van der Waals surface area contributed by atoms with Crippen LogP contribution in [0.5, 0.6) is 0 Å². The largest absolute Gasteiger partial charge is 0.355 e. The number of fused-ring (bicyclic) bond motifs is 1. The molecule has 1 atom stereocenters. The zero-order valence-electron chi connectivity index (χ0n) is 13.4. The van der Waals surface area contributed by atoms with Gasteiger partial charge in [-0.15, -0.1) is 15.3 Å². The summed E-state index contributed by atoms with van der Waals surface area (Å²) in [4.78, 5) is 14.6. The molecule has 0 aromatic carbocycles. The topological polar surface area (TPSA) is 75.4 Å². The van der Waals surface area contributed by atoms with Crippen LogP contribution in [0.4, 0.5) is 5.82 Å². The lowest BCUT2D eigenvalue weighted by Crippen LogP contribution is -2.44. The van der Waals surface area contributed by atoms with Crippen LogP contribution in [0.2, 0.25) is 0 Å². The van der Waals surface area contributed by atoms with Gasteiger partial charge in [-0.3, -0.25) is 4.79 Å². The van der Waals surface area contributed by atoms with E-state index in [1.807, 2.05) is 12.1 Å². The lowest BCUT2D eigenvalue weighted by atomic mass is 9.95. The van der Waals surface area contributed by atoms with Crippen LogP contribution in [0.3, 0.4) is 0 Å². The molecule has 2 fully saturated rings. The van der Waals surface area contributed by atoms with Gasteiger partial charge in [0.15, 0.2) is 5.65 Å². The fraction of sp³-hybridized carbons (Fsp3) is 0.625. The number of carbonyl (C=O) groups excluding carboxylic acids is 1. The Morgan fingerprint density at radius 1 is 1.26 bits per heavy atom. The highest BCUT2D eigenvalue weighted by Gasteiger charge is 2.32. The minimum absolute atomic E-state index is 0.131. The average molecular weight is 314 g/mol.